The van der Waals surface area contributed by atoms with Crippen LogP contribution in [0.15, 0.2) is 11.8 Å². The van der Waals surface area contributed by atoms with E-state index in [0.717, 1.165) is 23.3 Å². The van der Waals surface area contributed by atoms with Crippen molar-refractivity contribution in [2.24, 2.45) is 0 Å². The Morgan fingerprint density at radius 2 is 1.80 bits per heavy atom. The largest absolute Gasteiger partial charge is 0.299 e. The van der Waals surface area contributed by atoms with E-state index in [0.29, 0.717) is 6.17 Å². The van der Waals surface area contributed by atoms with Gasteiger partial charge >= 0.3 is 0 Å². The maximum Gasteiger partial charge on any atom is 0.0745 e. The fourth-order valence-electron chi connectivity index (χ4n) is 0.829. The lowest BCUT2D eigenvalue weighted by Crippen LogP contribution is -2.43. The van der Waals surface area contributed by atoms with Crippen molar-refractivity contribution in [2.45, 2.75) is 20.0 Å². The Labute approximate surface area is 66.5 Å². The summed E-state index contributed by atoms with van der Waals surface area (Å²) in [7, 11) is 1.06. The van der Waals surface area contributed by atoms with Gasteiger partial charge in [-0.15, -0.1) is 6.58 Å². The van der Waals surface area contributed by atoms with Gasteiger partial charge in [0, 0.05) is 10.2 Å². The summed E-state index contributed by atoms with van der Waals surface area (Å²) >= 11 is 0. The van der Waals surface area contributed by atoms with Gasteiger partial charge in [0.1, 0.15) is 0 Å². The molecule has 0 aromatic carbocycles. The fourth-order valence-corrected chi connectivity index (χ4v) is 1.24. The van der Waals surface area contributed by atoms with E-state index in [2.05, 4.69) is 31.1 Å². The highest BCUT2D eigenvalue weighted by atomic mass is 28.1. The van der Waals surface area contributed by atoms with Crippen molar-refractivity contribution in [1.29, 1.82) is 0 Å². The van der Waals surface area contributed by atoms with Gasteiger partial charge in [-0.25, -0.2) is 0 Å². The van der Waals surface area contributed by atoms with E-state index < -0.39 is 0 Å². The third-order valence-corrected chi connectivity index (χ3v) is 1.89. The van der Waals surface area contributed by atoms with Gasteiger partial charge in [-0.3, -0.25) is 10.6 Å². The molecule has 2 nitrogen and oxygen atoms in total. The van der Waals surface area contributed by atoms with Crippen LogP contribution >= 0.6 is 0 Å². The molecule has 0 aromatic rings. The standard InChI is InChI=1S/C7H18N2Si/c1-4-8-7(6(3)10)9-5-2/h7-9H,3-5H2,1-2,10H3. The summed E-state index contributed by atoms with van der Waals surface area (Å²) in [5.74, 6) is 0. The zero-order chi connectivity index (χ0) is 7.98. The van der Waals surface area contributed by atoms with Crippen LogP contribution in [0.25, 0.3) is 0 Å². The van der Waals surface area contributed by atoms with Gasteiger partial charge < -0.3 is 0 Å². The predicted octanol–water partition coefficient (Wildman–Crippen LogP) is -0.589. The minimum absolute atomic E-state index is 0.349. The van der Waals surface area contributed by atoms with Crippen molar-refractivity contribution in [3.05, 3.63) is 11.8 Å². The molecule has 0 saturated carbocycles. The van der Waals surface area contributed by atoms with Gasteiger partial charge in [-0.1, -0.05) is 19.0 Å². The Morgan fingerprint density at radius 1 is 1.40 bits per heavy atom. The molecule has 0 radical (unpaired) electrons. The van der Waals surface area contributed by atoms with E-state index in [9.17, 15) is 0 Å². The Morgan fingerprint density at radius 3 is 2.00 bits per heavy atom. The topological polar surface area (TPSA) is 24.1 Å². The average molecular weight is 158 g/mol. The highest BCUT2D eigenvalue weighted by Crippen LogP contribution is 1.87. The number of likely N-dealkylation sites (N-methyl/N-ethyl adjacent to an activating group) is 2. The van der Waals surface area contributed by atoms with Crippen molar-refractivity contribution in [1.82, 2.24) is 10.6 Å². The molecule has 0 fully saturated rings. The Bertz CT molecular complexity index is 97.8. The van der Waals surface area contributed by atoms with Crippen LogP contribution in [0.2, 0.25) is 0 Å². The Kier molecular flexibility index (Phi) is 5.58. The summed E-state index contributed by atoms with van der Waals surface area (Å²) in [6, 6.07) is 0. The lowest BCUT2D eigenvalue weighted by molar-refractivity contribution is 0.513. The summed E-state index contributed by atoms with van der Waals surface area (Å²) in [5.41, 5.74) is 0. The highest BCUT2D eigenvalue weighted by Gasteiger charge is 2.02. The van der Waals surface area contributed by atoms with Crippen LogP contribution < -0.4 is 10.6 Å². The monoisotopic (exact) mass is 158 g/mol. The lowest BCUT2D eigenvalue weighted by Gasteiger charge is -2.18. The number of hydrogen-bond donors (Lipinski definition) is 2. The van der Waals surface area contributed by atoms with Crippen molar-refractivity contribution in [3.63, 3.8) is 0 Å². The van der Waals surface area contributed by atoms with Crippen LogP contribution in [-0.2, 0) is 0 Å². The van der Waals surface area contributed by atoms with Crippen LogP contribution in [0, 0.1) is 0 Å². The van der Waals surface area contributed by atoms with Gasteiger partial charge in [0.2, 0.25) is 0 Å². The maximum atomic E-state index is 3.93. The van der Waals surface area contributed by atoms with Crippen LogP contribution in [0.4, 0.5) is 0 Å². The van der Waals surface area contributed by atoms with Crippen molar-refractivity contribution in [3.8, 4) is 0 Å². The SMILES string of the molecule is C=C([SiH3])C(NCC)NCC. The van der Waals surface area contributed by atoms with Crippen molar-refractivity contribution >= 4 is 10.2 Å². The molecule has 0 atom stereocenters. The molecule has 0 aliphatic rings. The number of rotatable bonds is 5. The molecule has 60 valence electrons. The number of hydrogen-bond acceptors (Lipinski definition) is 2. The van der Waals surface area contributed by atoms with Gasteiger partial charge in [0.05, 0.1) is 6.17 Å². The normalized spacial score (nSPS) is 10.7. The minimum Gasteiger partial charge on any atom is -0.299 e. The second-order valence-corrected chi connectivity index (χ2v) is 3.68. The smallest absolute Gasteiger partial charge is 0.0745 e. The Hall–Kier alpha value is -0.123. The fraction of sp³-hybridized carbons (Fsp3) is 0.714. The van der Waals surface area contributed by atoms with Crippen molar-refractivity contribution in [2.75, 3.05) is 13.1 Å². The quantitative estimate of drug-likeness (QED) is 0.413. The molecule has 10 heavy (non-hydrogen) atoms. The van der Waals surface area contributed by atoms with Gasteiger partial charge in [0.25, 0.3) is 0 Å². The molecule has 0 bridgehead atoms. The average Bonchev–Trinajstić information content (AvgIpc) is 1.87. The first-order valence-corrected chi connectivity index (χ1v) is 4.84. The van der Waals surface area contributed by atoms with Crippen LogP contribution in [0.5, 0.6) is 0 Å². The van der Waals surface area contributed by atoms with E-state index in [1.165, 1.54) is 5.20 Å². The molecular formula is C7H18N2Si. The van der Waals surface area contributed by atoms with Gasteiger partial charge in [-0.05, 0) is 13.1 Å². The molecule has 0 aliphatic carbocycles. The van der Waals surface area contributed by atoms with E-state index >= 15 is 0 Å². The Balaban J connectivity index is 3.61. The van der Waals surface area contributed by atoms with Gasteiger partial charge in [0.15, 0.2) is 0 Å². The molecule has 3 heteroatoms. The minimum atomic E-state index is 0.349. The first kappa shape index (κ1) is 9.88. The van der Waals surface area contributed by atoms with E-state index in [4.69, 9.17) is 0 Å². The first-order chi connectivity index (χ1) is 4.72. The third kappa shape index (κ3) is 3.82. The zero-order valence-electron chi connectivity index (χ0n) is 7.20. The second-order valence-electron chi connectivity index (χ2n) is 2.39. The molecule has 0 aromatic heterocycles. The van der Waals surface area contributed by atoms with Crippen molar-refractivity contribution < 1.29 is 0 Å². The van der Waals surface area contributed by atoms with Crippen LogP contribution in [0.3, 0.4) is 0 Å². The van der Waals surface area contributed by atoms with Crippen LogP contribution in [0.1, 0.15) is 13.8 Å². The maximum absolute atomic E-state index is 3.93. The molecule has 0 saturated heterocycles. The summed E-state index contributed by atoms with van der Waals surface area (Å²) in [6.07, 6.45) is 0.349. The number of nitrogens with one attached hydrogen (secondary N) is 2. The molecule has 0 spiro atoms. The summed E-state index contributed by atoms with van der Waals surface area (Å²) < 4.78 is 0. The summed E-state index contributed by atoms with van der Waals surface area (Å²) in [4.78, 5) is 0. The molecule has 0 heterocycles. The van der Waals surface area contributed by atoms with E-state index in [1.54, 1.807) is 0 Å². The molecular weight excluding hydrogens is 140 g/mol. The molecule has 0 unspecified atom stereocenters. The summed E-state index contributed by atoms with van der Waals surface area (Å²) in [5, 5.41) is 7.90. The lowest BCUT2D eigenvalue weighted by atomic mass is 10.4. The molecule has 2 N–H and O–H groups in total. The molecule has 0 rings (SSSR count). The summed E-state index contributed by atoms with van der Waals surface area (Å²) in [6.45, 7) is 10.1. The van der Waals surface area contributed by atoms with Gasteiger partial charge in [-0.2, -0.15) is 0 Å². The highest BCUT2D eigenvalue weighted by molar-refractivity contribution is 6.21. The second kappa shape index (κ2) is 5.65. The zero-order valence-corrected chi connectivity index (χ0v) is 9.20. The third-order valence-electron chi connectivity index (χ3n) is 1.31. The van der Waals surface area contributed by atoms with E-state index in [1.807, 2.05) is 0 Å². The molecule has 0 aliphatic heterocycles. The van der Waals surface area contributed by atoms with E-state index in [-0.39, 0.29) is 0 Å². The predicted molar refractivity (Wildman–Crippen MR) is 50.2 cm³/mol. The van der Waals surface area contributed by atoms with Crippen LogP contribution in [-0.4, -0.2) is 29.5 Å². The first-order valence-electron chi connectivity index (χ1n) is 3.84. The molecule has 0 amide bonds.